The van der Waals surface area contributed by atoms with Crippen LogP contribution in [-0.4, -0.2) is 58.0 Å². The molecule has 3 N–H and O–H groups in total. The Balaban J connectivity index is 1.97. The molecule has 11 heteroatoms. The number of aromatic nitrogens is 4. The Morgan fingerprint density at radius 3 is 2.50 bits per heavy atom. The molecular formula is C17H23F4N7. The first-order valence-electron chi connectivity index (χ1n) is 9.01. The molecule has 3 rings (SSSR count). The number of nitrogen functional groups attached to an aromatic ring is 1. The minimum Gasteiger partial charge on any atom is -0.372 e. The highest BCUT2D eigenvalue weighted by molar-refractivity contribution is 5.72. The molecule has 7 nitrogen and oxygen atoms in total. The zero-order valence-corrected chi connectivity index (χ0v) is 15.7. The Labute approximate surface area is 159 Å². The normalized spacial score (nSPS) is 16.5. The predicted octanol–water partition coefficient (Wildman–Crippen LogP) is 2.90. The van der Waals surface area contributed by atoms with Gasteiger partial charge in [-0.05, 0) is 19.8 Å². The lowest BCUT2D eigenvalue weighted by molar-refractivity contribution is -0.136. The lowest BCUT2D eigenvalue weighted by Gasteiger charge is -2.31. The number of rotatable bonds is 5. The molecule has 0 aliphatic carbocycles. The first kappa shape index (κ1) is 20.3. The van der Waals surface area contributed by atoms with E-state index in [0.29, 0.717) is 12.2 Å². The number of hydrogen-bond donors (Lipinski definition) is 2. The van der Waals surface area contributed by atoms with Crippen LogP contribution in [0.1, 0.15) is 30.1 Å². The Kier molecular flexibility index (Phi) is 5.73. The van der Waals surface area contributed by atoms with Crippen LogP contribution in [0.2, 0.25) is 0 Å². The molecule has 0 radical (unpaired) electrons. The van der Waals surface area contributed by atoms with Crippen LogP contribution in [0.5, 0.6) is 0 Å². The lowest BCUT2D eigenvalue weighted by atomic mass is 10.0. The summed E-state index contributed by atoms with van der Waals surface area (Å²) in [7, 11) is 1.35. The van der Waals surface area contributed by atoms with Gasteiger partial charge in [0.05, 0.1) is 17.4 Å². The van der Waals surface area contributed by atoms with Crippen molar-refractivity contribution in [2.45, 2.75) is 32.0 Å². The Hall–Kier alpha value is -2.43. The molecule has 0 unspecified atom stereocenters. The molecule has 2 aromatic rings. The van der Waals surface area contributed by atoms with E-state index in [1.54, 1.807) is 17.8 Å². The van der Waals surface area contributed by atoms with Crippen molar-refractivity contribution >= 4 is 11.8 Å². The van der Waals surface area contributed by atoms with Gasteiger partial charge in [-0.3, -0.25) is 4.68 Å². The topological polar surface area (TPSA) is 84.9 Å². The zero-order chi connectivity index (χ0) is 20.5. The fourth-order valence-electron chi connectivity index (χ4n) is 3.55. The molecule has 0 aromatic carbocycles. The van der Waals surface area contributed by atoms with Crippen molar-refractivity contribution in [3.05, 3.63) is 17.5 Å². The number of piperidine rings is 1. The van der Waals surface area contributed by atoms with Gasteiger partial charge >= 0.3 is 6.18 Å². The summed E-state index contributed by atoms with van der Waals surface area (Å²) in [4.78, 5) is 9.57. The minimum absolute atomic E-state index is 0.0422. The fraction of sp³-hybridized carbons (Fsp3) is 0.588. The van der Waals surface area contributed by atoms with Crippen LogP contribution in [0.25, 0.3) is 11.3 Å². The highest BCUT2D eigenvalue weighted by Gasteiger charge is 2.39. The fourth-order valence-corrected chi connectivity index (χ4v) is 3.55. The van der Waals surface area contributed by atoms with Crippen molar-refractivity contribution in [3.8, 4) is 11.3 Å². The van der Waals surface area contributed by atoms with E-state index in [1.807, 2.05) is 4.90 Å². The van der Waals surface area contributed by atoms with E-state index < -0.39 is 18.4 Å². The third-order valence-electron chi connectivity index (χ3n) is 4.95. The van der Waals surface area contributed by atoms with Crippen LogP contribution < -0.4 is 11.1 Å². The van der Waals surface area contributed by atoms with Crippen LogP contribution in [0.4, 0.5) is 29.3 Å². The largest absolute Gasteiger partial charge is 0.422 e. The number of hydrogen-bond acceptors (Lipinski definition) is 6. The standard InChI is InChI=1S/C17H23F4N7/c1-10-12(9-28(26-10)11-3-6-27(7-4-11)8-5-18)14-13(17(19,20)21)15(23-2)25-16(22)24-14/h9,11H,3-8H2,1-2H3,(H3,22,23,24,25). The summed E-state index contributed by atoms with van der Waals surface area (Å²) in [6.07, 6.45) is -1.57. The van der Waals surface area contributed by atoms with E-state index >= 15 is 0 Å². The highest BCUT2D eigenvalue weighted by atomic mass is 19.4. The van der Waals surface area contributed by atoms with Gasteiger partial charge in [0, 0.05) is 38.4 Å². The van der Waals surface area contributed by atoms with Crippen molar-refractivity contribution in [1.29, 1.82) is 0 Å². The summed E-state index contributed by atoms with van der Waals surface area (Å²) in [5.41, 5.74) is 5.07. The molecule has 1 aliphatic rings. The van der Waals surface area contributed by atoms with Gasteiger partial charge in [-0.2, -0.15) is 23.3 Å². The molecule has 0 amide bonds. The Morgan fingerprint density at radius 2 is 1.93 bits per heavy atom. The molecule has 1 saturated heterocycles. The summed E-state index contributed by atoms with van der Waals surface area (Å²) in [6.45, 7) is 3.10. The van der Waals surface area contributed by atoms with Crippen LogP contribution in [0, 0.1) is 6.92 Å². The zero-order valence-electron chi connectivity index (χ0n) is 15.7. The number of halogens is 4. The van der Waals surface area contributed by atoms with Gasteiger partial charge in [0.25, 0.3) is 0 Å². The second kappa shape index (κ2) is 7.90. The molecule has 1 aliphatic heterocycles. The summed E-state index contributed by atoms with van der Waals surface area (Å²) >= 11 is 0. The predicted molar refractivity (Wildman–Crippen MR) is 97.6 cm³/mol. The van der Waals surface area contributed by atoms with Gasteiger partial charge in [0.2, 0.25) is 5.95 Å². The highest BCUT2D eigenvalue weighted by Crippen LogP contribution is 2.41. The number of alkyl halides is 4. The summed E-state index contributed by atoms with van der Waals surface area (Å²) in [6, 6.07) is 0.0422. The van der Waals surface area contributed by atoms with E-state index in [2.05, 4.69) is 20.4 Å². The van der Waals surface area contributed by atoms with Crippen LogP contribution in [-0.2, 0) is 6.18 Å². The average molecular weight is 401 g/mol. The third kappa shape index (κ3) is 4.03. The third-order valence-corrected chi connectivity index (χ3v) is 4.95. The minimum atomic E-state index is -4.66. The molecule has 28 heavy (non-hydrogen) atoms. The van der Waals surface area contributed by atoms with Crippen molar-refractivity contribution < 1.29 is 17.6 Å². The average Bonchev–Trinajstić information content (AvgIpc) is 3.02. The molecular weight excluding hydrogens is 378 g/mol. The molecule has 0 spiro atoms. The van der Waals surface area contributed by atoms with Crippen molar-refractivity contribution in [3.63, 3.8) is 0 Å². The van der Waals surface area contributed by atoms with Gasteiger partial charge in [-0.1, -0.05) is 0 Å². The Morgan fingerprint density at radius 1 is 1.25 bits per heavy atom. The summed E-state index contributed by atoms with van der Waals surface area (Å²) < 4.78 is 55.3. The van der Waals surface area contributed by atoms with E-state index in [4.69, 9.17) is 5.73 Å². The molecule has 154 valence electrons. The second-order valence-corrected chi connectivity index (χ2v) is 6.77. The van der Waals surface area contributed by atoms with Crippen LogP contribution in [0.15, 0.2) is 6.20 Å². The summed E-state index contributed by atoms with van der Waals surface area (Å²) in [5, 5.41) is 6.87. The van der Waals surface area contributed by atoms with E-state index in [0.717, 1.165) is 25.9 Å². The molecule has 3 heterocycles. The first-order valence-corrected chi connectivity index (χ1v) is 9.01. The van der Waals surface area contributed by atoms with Crippen LogP contribution >= 0.6 is 0 Å². The smallest absolute Gasteiger partial charge is 0.372 e. The Bertz CT molecular complexity index is 826. The van der Waals surface area contributed by atoms with Gasteiger partial charge < -0.3 is 16.0 Å². The molecule has 0 saturated carbocycles. The monoisotopic (exact) mass is 401 g/mol. The summed E-state index contributed by atoms with van der Waals surface area (Å²) in [5.74, 6) is -0.624. The van der Waals surface area contributed by atoms with Crippen molar-refractivity contribution in [2.75, 3.05) is 44.4 Å². The van der Waals surface area contributed by atoms with Crippen molar-refractivity contribution in [2.24, 2.45) is 0 Å². The SMILES string of the molecule is CNc1nc(N)nc(-c2cn(C3CCN(CCF)CC3)nc2C)c1C(F)(F)F. The molecule has 2 aromatic heterocycles. The van der Waals surface area contributed by atoms with Crippen LogP contribution in [0.3, 0.4) is 0 Å². The number of likely N-dealkylation sites (tertiary alicyclic amines) is 1. The second-order valence-electron chi connectivity index (χ2n) is 6.77. The number of aryl methyl sites for hydroxylation is 1. The molecule has 1 fully saturated rings. The van der Waals surface area contributed by atoms with Gasteiger partial charge in [0.1, 0.15) is 18.1 Å². The molecule has 0 atom stereocenters. The van der Waals surface area contributed by atoms with Crippen molar-refractivity contribution in [1.82, 2.24) is 24.6 Å². The number of anilines is 2. The van der Waals surface area contributed by atoms with Gasteiger partial charge in [-0.15, -0.1) is 0 Å². The number of nitrogens with one attached hydrogen (secondary N) is 1. The van der Waals surface area contributed by atoms with E-state index in [1.165, 1.54) is 7.05 Å². The quantitative estimate of drug-likeness (QED) is 0.750. The van der Waals surface area contributed by atoms with Gasteiger partial charge in [-0.25, -0.2) is 9.37 Å². The molecule has 0 bridgehead atoms. The number of nitrogens with zero attached hydrogens (tertiary/aromatic N) is 5. The maximum Gasteiger partial charge on any atom is 0.422 e. The number of nitrogens with two attached hydrogens (primary N) is 1. The maximum atomic E-state index is 13.7. The first-order chi connectivity index (χ1) is 13.2. The lowest BCUT2D eigenvalue weighted by Crippen LogP contribution is -2.36. The van der Waals surface area contributed by atoms with Gasteiger partial charge in [0.15, 0.2) is 0 Å². The van der Waals surface area contributed by atoms with E-state index in [-0.39, 0.29) is 29.1 Å². The van der Waals surface area contributed by atoms with E-state index in [9.17, 15) is 17.6 Å². The maximum absolute atomic E-state index is 13.7.